The molecule has 178 valence electrons. The van der Waals surface area contributed by atoms with Gasteiger partial charge in [0, 0.05) is 22.3 Å². The van der Waals surface area contributed by atoms with Crippen LogP contribution in [0.3, 0.4) is 0 Å². The van der Waals surface area contributed by atoms with E-state index in [9.17, 15) is 13.2 Å². The third-order valence-corrected chi connectivity index (χ3v) is 8.55. The van der Waals surface area contributed by atoms with Gasteiger partial charge in [-0.2, -0.15) is 13.2 Å². The predicted octanol–water partition coefficient (Wildman–Crippen LogP) is 9.35. The number of hydrogen-bond acceptors (Lipinski definition) is 2. The van der Waals surface area contributed by atoms with E-state index in [0.29, 0.717) is 17.1 Å². The fourth-order valence-corrected chi connectivity index (χ4v) is 6.73. The number of hydrogen-bond donors (Lipinski definition) is 0. The van der Waals surface area contributed by atoms with Gasteiger partial charge < -0.3 is 4.74 Å². The molecule has 1 heterocycles. The number of para-hydroxylation sites is 1. The topological polar surface area (TPSA) is 9.23 Å². The minimum atomic E-state index is -4.45. The predicted molar refractivity (Wildman–Crippen MR) is 136 cm³/mol. The molecule has 5 rings (SSSR count). The summed E-state index contributed by atoms with van der Waals surface area (Å²) in [4.78, 5) is 0. The van der Waals surface area contributed by atoms with Crippen LogP contribution in [0.2, 0.25) is 0 Å². The lowest BCUT2D eigenvalue weighted by Crippen LogP contribution is -2.34. The molecular weight excluding hydrogens is 465 g/mol. The van der Waals surface area contributed by atoms with Gasteiger partial charge in [0.1, 0.15) is 11.5 Å². The van der Waals surface area contributed by atoms with Gasteiger partial charge in [0.25, 0.3) is 0 Å². The first-order valence-electron chi connectivity index (χ1n) is 11.6. The van der Waals surface area contributed by atoms with Crippen LogP contribution in [0, 0.1) is 0 Å². The largest absolute Gasteiger partial charge is 0.457 e. The summed E-state index contributed by atoms with van der Waals surface area (Å²) in [5.41, 5.74) is 2.94. The molecule has 0 aliphatic carbocycles. The molecule has 4 aromatic rings. The fraction of sp³-hybridized carbons (Fsp3) is 0.200. The van der Waals surface area contributed by atoms with E-state index < -0.39 is 16.5 Å². The Bertz CT molecular complexity index is 1320. The molecule has 4 aromatic carbocycles. The fourth-order valence-electron chi connectivity index (χ4n) is 4.95. The third-order valence-electron chi connectivity index (χ3n) is 6.76. The summed E-state index contributed by atoms with van der Waals surface area (Å²) in [6, 6.07) is 31.7. The molecular formula is C30H25F3OS. The van der Waals surface area contributed by atoms with Crippen molar-refractivity contribution in [3.8, 4) is 11.5 Å². The molecule has 5 heteroatoms. The number of fused-ring (bicyclic) bond motifs is 2. The van der Waals surface area contributed by atoms with Crippen molar-refractivity contribution in [2.45, 2.75) is 35.9 Å². The molecule has 0 saturated heterocycles. The van der Waals surface area contributed by atoms with Crippen molar-refractivity contribution in [3.05, 3.63) is 131 Å². The van der Waals surface area contributed by atoms with Crippen LogP contribution in [0.1, 0.15) is 52.8 Å². The van der Waals surface area contributed by atoms with Crippen molar-refractivity contribution in [3.63, 3.8) is 0 Å². The molecule has 1 aliphatic rings. The molecule has 0 N–H and O–H groups in total. The summed E-state index contributed by atoms with van der Waals surface area (Å²) < 4.78 is 47.1. The maximum Gasteiger partial charge on any atom is 0.416 e. The Morgan fingerprint density at radius 3 is 1.91 bits per heavy atom. The molecule has 35 heavy (non-hydrogen) atoms. The van der Waals surface area contributed by atoms with Gasteiger partial charge in [-0.3, -0.25) is 0 Å². The van der Waals surface area contributed by atoms with Gasteiger partial charge in [0.05, 0.1) is 10.3 Å². The molecule has 0 saturated carbocycles. The van der Waals surface area contributed by atoms with Crippen molar-refractivity contribution in [1.82, 2.24) is 0 Å². The van der Waals surface area contributed by atoms with Crippen LogP contribution in [0.5, 0.6) is 11.5 Å². The van der Waals surface area contributed by atoms with Gasteiger partial charge in [-0.15, -0.1) is 11.8 Å². The highest BCUT2D eigenvalue weighted by molar-refractivity contribution is 8.00. The molecule has 1 nitrogen and oxygen atoms in total. The Balaban J connectivity index is 1.80. The molecule has 0 aromatic heterocycles. The van der Waals surface area contributed by atoms with Gasteiger partial charge >= 0.3 is 6.18 Å². The van der Waals surface area contributed by atoms with Gasteiger partial charge in [-0.05, 0) is 42.3 Å². The molecule has 0 spiro atoms. The lowest BCUT2D eigenvalue weighted by molar-refractivity contribution is -0.137. The van der Waals surface area contributed by atoms with Crippen molar-refractivity contribution < 1.29 is 17.9 Å². The summed E-state index contributed by atoms with van der Waals surface area (Å²) >= 11 is 1.68. The first-order valence-corrected chi connectivity index (χ1v) is 12.5. The first kappa shape index (κ1) is 23.6. The van der Waals surface area contributed by atoms with Crippen molar-refractivity contribution in [2.75, 3.05) is 0 Å². The van der Waals surface area contributed by atoms with Crippen LogP contribution in [0.4, 0.5) is 13.2 Å². The number of halogens is 3. The SMILES string of the molecule is CC(SC1(C(C)c2ccccc2)c2ccccc2Oc2ccc(C(F)(F)F)cc21)c1ccccc1. The van der Waals surface area contributed by atoms with E-state index in [1.165, 1.54) is 12.1 Å². The smallest absolute Gasteiger partial charge is 0.416 e. The summed E-state index contributed by atoms with van der Waals surface area (Å²) in [6.45, 7) is 4.22. The van der Waals surface area contributed by atoms with Crippen molar-refractivity contribution in [1.29, 1.82) is 0 Å². The number of thioether (sulfide) groups is 1. The van der Waals surface area contributed by atoms with Gasteiger partial charge in [0.15, 0.2) is 0 Å². The molecule has 0 bridgehead atoms. The van der Waals surface area contributed by atoms with Gasteiger partial charge in [-0.25, -0.2) is 0 Å². The van der Waals surface area contributed by atoms with Crippen molar-refractivity contribution >= 4 is 11.8 Å². The standard InChI is InChI=1S/C30H25F3OS/c1-20(22-11-5-3-6-12-22)29(35-21(2)23-13-7-4-8-14-23)25-15-9-10-16-27(25)34-28-18-17-24(19-26(28)29)30(31,32)33/h3-21H,1-2H3. The van der Waals surface area contributed by atoms with E-state index in [1.54, 1.807) is 11.8 Å². The Morgan fingerprint density at radius 2 is 1.26 bits per heavy atom. The lowest BCUT2D eigenvalue weighted by atomic mass is 9.75. The normalized spacial score (nSPS) is 18.7. The number of alkyl halides is 3. The van der Waals surface area contributed by atoms with Crippen LogP contribution in [-0.2, 0) is 10.9 Å². The lowest BCUT2D eigenvalue weighted by Gasteiger charge is -2.45. The maximum absolute atomic E-state index is 13.9. The van der Waals surface area contributed by atoms with Crippen LogP contribution >= 0.6 is 11.8 Å². The third kappa shape index (κ3) is 4.23. The number of rotatable bonds is 5. The Labute approximate surface area is 208 Å². The second-order valence-corrected chi connectivity index (χ2v) is 10.4. The Morgan fingerprint density at radius 1 is 0.686 bits per heavy atom. The van der Waals surface area contributed by atoms with Crippen LogP contribution in [0.15, 0.2) is 103 Å². The summed E-state index contributed by atoms with van der Waals surface area (Å²) in [7, 11) is 0. The van der Waals surface area contributed by atoms with E-state index in [1.807, 2.05) is 72.8 Å². The summed E-state index contributed by atoms with van der Waals surface area (Å²) in [6.07, 6.45) is -4.45. The second-order valence-electron chi connectivity index (χ2n) is 8.85. The quantitative estimate of drug-likeness (QED) is 0.276. The molecule has 0 fully saturated rings. The molecule has 1 aliphatic heterocycles. The highest BCUT2D eigenvalue weighted by Gasteiger charge is 2.49. The molecule has 0 amide bonds. The maximum atomic E-state index is 13.9. The summed E-state index contributed by atoms with van der Waals surface area (Å²) in [5.74, 6) is 0.995. The second kappa shape index (κ2) is 9.12. The highest BCUT2D eigenvalue weighted by atomic mass is 32.2. The van der Waals surface area contributed by atoms with E-state index >= 15 is 0 Å². The molecule has 3 unspecified atom stereocenters. The van der Waals surface area contributed by atoms with Crippen molar-refractivity contribution in [2.24, 2.45) is 0 Å². The zero-order valence-electron chi connectivity index (χ0n) is 19.4. The van der Waals surface area contributed by atoms with E-state index in [0.717, 1.165) is 22.8 Å². The first-order chi connectivity index (χ1) is 16.8. The molecule has 3 atom stereocenters. The average molecular weight is 491 g/mol. The molecule has 0 radical (unpaired) electrons. The van der Waals surface area contributed by atoms with Gasteiger partial charge in [-0.1, -0.05) is 85.8 Å². The highest BCUT2D eigenvalue weighted by Crippen LogP contribution is 2.63. The zero-order chi connectivity index (χ0) is 24.6. The summed E-state index contributed by atoms with van der Waals surface area (Å²) in [5, 5.41) is 0.0101. The zero-order valence-corrected chi connectivity index (χ0v) is 20.2. The van der Waals surface area contributed by atoms with E-state index in [-0.39, 0.29) is 11.2 Å². The van der Waals surface area contributed by atoms with Gasteiger partial charge in [0.2, 0.25) is 0 Å². The van der Waals surface area contributed by atoms with E-state index in [2.05, 4.69) is 26.0 Å². The minimum Gasteiger partial charge on any atom is -0.457 e. The minimum absolute atomic E-state index is 0.0101. The monoisotopic (exact) mass is 490 g/mol. The van der Waals surface area contributed by atoms with Crippen LogP contribution in [-0.4, -0.2) is 0 Å². The number of ether oxygens (including phenoxy) is 1. The van der Waals surface area contributed by atoms with E-state index in [4.69, 9.17) is 4.74 Å². The average Bonchev–Trinajstić information content (AvgIpc) is 2.88. The Kier molecular flexibility index (Phi) is 6.14. The Hall–Kier alpha value is -3.18. The van der Waals surface area contributed by atoms with Crippen LogP contribution < -0.4 is 4.74 Å². The van der Waals surface area contributed by atoms with Crippen LogP contribution in [0.25, 0.3) is 0 Å². The number of benzene rings is 4.